The molecule has 3 rings (SSSR count). The van der Waals surface area contributed by atoms with Gasteiger partial charge in [0.15, 0.2) is 11.6 Å². The highest BCUT2D eigenvalue weighted by molar-refractivity contribution is 6.30. The van der Waals surface area contributed by atoms with Crippen LogP contribution in [0.3, 0.4) is 0 Å². The molecular weight excluding hydrogens is 385 g/mol. The Hall–Kier alpha value is -2.67. The van der Waals surface area contributed by atoms with Crippen LogP contribution in [-0.4, -0.2) is 28.9 Å². The van der Waals surface area contributed by atoms with Crippen molar-refractivity contribution in [3.8, 4) is 5.75 Å². The number of benzene rings is 1. The molecule has 0 radical (unpaired) electrons. The number of carbonyl (C=O) groups excluding carboxylic acids is 2. The van der Waals surface area contributed by atoms with Gasteiger partial charge in [0.2, 0.25) is 0 Å². The summed E-state index contributed by atoms with van der Waals surface area (Å²) in [5.74, 6) is -0.807. The van der Waals surface area contributed by atoms with Crippen LogP contribution in [0.4, 0.5) is 10.2 Å². The maximum absolute atomic E-state index is 13.3. The highest BCUT2D eigenvalue weighted by atomic mass is 35.5. The standard InChI is InChI=1S/C20H21ClFN3O3/c1-3-4-10-25-17-16(6-5-9-23-17)28-20(2,19(25)27)18(26)24-12-13-7-8-15(22)14(21)11-13/h5-9,11H,3-4,10,12H2,1-2H3,(H,24,26)/t20-/m1/s1. The zero-order valence-corrected chi connectivity index (χ0v) is 16.4. The van der Waals surface area contributed by atoms with E-state index in [1.165, 1.54) is 30.0 Å². The summed E-state index contributed by atoms with van der Waals surface area (Å²) < 4.78 is 19.1. The Bertz CT molecular complexity index is 908. The third-order valence-electron chi connectivity index (χ3n) is 4.58. The molecular formula is C20H21ClFN3O3. The van der Waals surface area contributed by atoms with Crippen molar-refractivity contribution >= 4 is 29.2 Å². The number of amides is 2. The Morgan fingerprint density at radius 1 is 1.39 bits per heavy atom. The minimum atomic E-state index is -1.73. The van der Waals surface area contributed by atoms with Gasteiger partial charge in [0.25, 0.3) is 17.4 Å². The summed E-state index contributed by atoms with van der Waals surface area (Å²) in [6, 6.07) is 7.53. The SMILES string of the molecule is CCCCN1C(=O)[C@@](C)(C(=O)NCc2ccc(F)c(Cl)c2)Oc2cccnc21. The number of halogens is 2. The predicted molar refractivity (Wildman–Crippen MR) is 104 cm³/mol. The van der Waals surface area contributed by atoms with E-state index in [0.29, 0.717) is 23.7 Å². The highest BCUT2D eigenvalue weighted by Crippen LogP contribution is 2.36. The first-order valence-electron chi connectivity index (χ1n) is 9.05. The van der Waals surface area contributed by atoms with Crippen LogP contribution in [0.2, 0.25) is 5.02 Å². The molecule has 2 amide bonds. The minimum Gasteiger partial charge on any atom is -0.464 e. The van der Waals surface area contributed by atoms with Crippen LogP contribution < -0.4 is 15.0 Å². The number of unbranched alkanes of at least 4 members (excludes halogenated alkanes) is 1. The van der Waals surface area contributed by atoms with Crippen molar-refractivity contribution in [2.24, 2.45) is 0 Å². The van der Waals surface area contributed by atoms with E-state index in [4.69, 9.17) is 16.3 Å². The van der Waals surface area contributed by atoms with E-state index >= 15 is 0 Å². The van der Waals surface area contributed by atoms with Crippen LogP contribution in [0.25, 0.3) is 0 Å². The Morgan fingerprint density at radius 2 is 2.18 bits per heavy atom. The molecule has 8 heteroatoms. The number of aromatic nitrogens is 1. The van der Waals surface area contributed by atoms with Crippen LogP contribution >= 0.6 is 11.6 Å². The average molecular weight is 406 g/mol. The van der Waals surface area contributed by atoms with Crippen molar-refractivity contribution in [1.29, 1.82) is 0 Å². The first-order valence-corrected chi connectivity index (χ1v) is 9.43. The zero-order chi connectivity index (χ0) is 20.3. The van der Waals surface area contributed by atoms with Crippen molar-refractivity contribution in [3.63, 3.8) is 0 Å². The van der Waals surface area contributed by atoms with Crippen molar-refractivity contribution in [1.82, 2.24) is 10.3 Å². The van der Waals surface area contributed by atoms with E-state index in [2.05, 4.69) is 10.3 Å². The molecule has 0 saturated heterocycles. The van der Waals surface area contributed by atoms with E-state index in [-0.39, 0.29) is 11.6 Å². The van der Waals surface area contributed by atoms with E-state index in [9.17, 15) is 14.0 Å². The van der Waals surface area contributed by atoms with Gasteiger partial charge in [0, 0.05) is 19.3 Å². The fraction of sp³-hybridized carbons (Fsp3) is 0.350. The van der Waals surface area contributed by atoms with Gasteiger partial charge < -0.3 is 10.1 Å². The number of hydrogen-bond acceptors (Lipinski definition) is 4. The van der Waals surface area contributed by atoms with Gasteiger partial charge in [-0.2, -0.15) is 0 Å². The molecule has 0 bridgehead atoms. The molecule has 2 heterocycles. The number of nitrogens with zero attached hydrogens (tertiary/aromatic N) is 2. The predicted octanol–water partition coefficient (Wildman–Crippen LogP) is 3.47. The number of ether oxygens (including phenoxy) is 1. The van der Waals surface area contributed by atoms with Crippen LogP contribution in [0.1, 0.15) is 32.3 Å². The molecule has 1 atom stereocenters. The molecule has 1 N–H and O–H groups in total. The van der Waals surface area contributed by atoms with Gasteiger partial charge in [-0.3, -0.25) is 14.5 Å². The van der Waals surface area contributed by atoms with E-state index in [1.807, 2.05) is 6.92 Å². The number of carbonyl (C=O) groups is 2. The average Bonchev–Trinajstić information content (AvgIpc) is 2.69. The molecule has 148 valence electrons. The summed E-state index contributed by atoms with van der Waals surface area (Å²) in [5.41, 5.74) is -1.12. The van der Waals surface area contributed by atoms with Gasteiger partial charge >= 0.3 is 0 Å². The molecule has 0 spiro atoms. The molecule has 0 unspecified atom stereocenters. The van der Waals surface area contributed by atoms with Gasteiger partial charge in [-0.1, -0.05) is 31.0 Å². The number of anilines is 1. The Morgan fingerprint density at radius 3 is 2.89 bits per heavy atom. The zero-order valence-electron chi connectivity index (χ0n) is 15.7. The first-order chi connectivity index (χ1) is 13.4. The second-order valence-electron chi connectivity index (χ2n) is 6.70. The van der Waals surface area contributed by atoms with E-state index in [1.54, 1.807) is 18.3 Å². The molecule has 1 aromatic carbocycles. The van der Waals surface area contributed by atoms with Crippen molar-refractivity contribution in [2.75, 3.05) is 11.4 Å². The first kappa shape index (κ1) is 20.1. The molecule has 1 aromatic heterocycles. The van der Waals surface area contributed by atoms with Crippen molar-refractivity contribution in [2.45, 2.75) is 38.8 Å². The summed E-state index contributed by atoms with van der Waals surface area (Å²) in [5, 5.41) is 2.65. The molecule has 2 aromatic rings. The number of rotatable bonds is 6. The third kappa shape index (κ3) is 3.80. The van der Waals surface area contributed by atoms with Gasteiger partial charge in [-0.25, -0.2) is 9.37 Å². The smallest absolute Gasteiger partial charge is 0.282 e. The van der Waals surface area contributed by atoms with Gasteiger partial charge in [0.1, 0.15) is 5.82 Å². The molecule has 28 heavy (non-hydrogen) atoms. The maximum atomic E-state index is 13.3. The topological polar surface area (TPSA) is 71.5 Å². The lowest BCUT2D eigenvalue weighted by Crippen LogP contribution is -2.62. The molecule has 0 fully saturated rings. The quantitative estimate of drug-likeness (QED) is 0.747. The molecule has 0 aliphatic carbocycles. The minimum absolute atomic E-state index is 0.0336. The summed E-state index contributed by atoms with van der Waals surface area (Å²) >= 11 is 5.77. The number of fused-ring (bicyclic) bond motifs is 1. The van der Waals surface area contributed by atoms with Gasteiger partial charge in [-0.15, -0.1) is 0 Å². The summed E-state index contributed by atoms with van der Waals surface area (Å²) in [6.07, 6.45) is 3.24. The second kappa shape index (κ2) is 8.14. The number of nitrogens with one attached hydrogen (secondary N) is 1. The van der Waals surface area contributed by atoms with Gasteiger partial charge in [-0.05, 0) is 43.2 Å². The van der Waals surface area contributed by atoms with E-state index < -0.39 is 23.2 Å². The van der Waals surface area contributed by atoms with E-state index in [0.717, 1.165) is 12.8 Å². The van der Waals surface area contributed by atoms with Crippen LogP contribution in [-0.2, 0) is 16.1 Å². The number of pyridine rings is 1. The summed E-state index contributed by atoms with van der Waals surface area (Å²) in [7, 11) is 0. The molecule has 1 aliphatic rings. The molecule has 0 saturated carbocycles. The fourth-order valence-corrected chi connectivity index (χ4v) is 3.15. The maximum Gasteiger partial charge on any atom is 0.282 e. The lowest BCUT2D eigenvalue weighted by Gasteiger charge is -2.38. The fourth-order valence-electron chi connectivity index (χ4n) is 2.95. The highest BCUT2D eigenvalue weighted by Gasteiger charge is 2.50. The normalized spacial score (nSPS) is 18.4. The van der Waals surface area contributed by atoms with Crippen LogP contribution in [0.15, 0.2) is 36.5 Å². The Kier molecular flexibility index (Phi) is 5.84. The van der Waals surface area contributed by atoms with Crippen LogP contribution in [0.5, 0.6) is 5.75 Å². The molecule has 6 nitrogen and oxygen atoms in total. The van der Waals surface area contributed by atoms with Crippen molar-refractivity contribution in [3.05, 3.63) is 52.9 Å². The molecule has 1 aliphatic heterocycles. The number of hydrogen-bond donors (Lipinski definition) is 1. The largest absolute Gasteiger partial charge is 0.464 e. The summed E-state index contributed by atoms with van der Waals surface area (Å²) in [6.45, 7) is 3.99. The second-order valence-corrected chi connectivity index (χ2v) is 7.11. The lowest BCUT2D eigenvalue weighted by molar-refractivity contribution is -0.148. The van der Waals surface area contributed by atoms with Gasteiger partial charge in [0.05, 0.1) is 5.02 Å². The Balaban J connectivity index is 1.81. The third-order valence-corrected chi connectivity index (χ3v) is 4.87. The monoisotopic (exact) mass is 405 g/mol. The lowest BCUT2D eigenvalue weighted by atomic mass is 10.0. The van der Waals surface area contributed by atoms with Crippen molar-refractivity contribution < 1.29 is 18.7 Å². The summed E-state index contributed by atoms with van der Waals surface area (Å²) in [4.78, 5) is 31.7. The Labute approximate surface area is 167 Å². The van der Waals surface area contributed by atoms with Crippen LogP contribution in [0, 0.1) is 5.82 Å².